The van der Waals surface area contributed by atoms with Crippen molar-refractivity contribution in [3.63, 3.8) is 0 Å². The molecule has 3 rings (SSSR count). The van der Waals surface area contributed by atoms with Crippen LogP contribution in [0.2, 0.25) is 0 Å². The van der Waals surface area contributed by atoms with E-state index in [9.17, 15) is 26.7 Å². The number of aromatic nitrogens is 4. The second kappa shape index (κ2) is 8.20. The predicted octanol–water partition coefficient (Wildman–Crippen LogP) is 2.75. The highest BCUT2D eigenvalue weighted by atomic mass is 32.2. The zero-order valence-electron chi connectivity index (χ0n) is 15.3. The van der Waals surface area contributed by atoms with Crippen LogP contribution in [0.15, 0.2) is 53.9 Å². The van der Waals surface area contributed by atoms with E-state index in [4.69, 9.17) is 0 Å². The van der Waals surface area contributed by atoms with E-state index in [0.717, 1.165) is 18.5 Å². The van der Waals surface area contributed by atoms with E-state index >= 15 is 0 Å². The van der Waals surface area contributed by atoms with Gasteiger partial charge in [0.2, 0.25) is 0 Å². The summed E-state index contributed by atoms with van der Waals surface area (Å²) in [5, 5.41) is 14.8. The minimum Gasteiger partial charge on any atom is -0.379 e. The van der Waals surface area contributed by atoms with E-state index in [-0.39, 0.29) is 28.2 Å². The van der Waals surface area contributed by atoms with Gasteiger partial charge < -0.3 is 15.7 Å². The minimum absolute atomic E-state index is 0.0152. The van der Waals surface area contributed by atoms with Crippen LogP contribution in [-0.4, -0.2) is 45.9 Å². The van der Waals surface area contributed by atoms with E-state index < -0.39 is 27.7 Å². The standard InChI is InChI=1S/C17H15F3N6O3S/c1-30(28,29)11-3-2-6-21-16(11)26-14-7-13(23-9-24-14)25-12-5-4-10(8-22-12)15(27)17(18,19)20/h2-9,15,27H,1H3,(H2,21,22,23,24,25,26). The Bertz CT molecular complexity index is 1140. The maximum absolute atomic E-state index is 12.5. The molecule has 0 aliphatic heterocycles. The Morgan fingerprint density at radius 3 is 2.30 bits per heavy atom. The molecular weight excluding hydrogens is 425 g/mol. The van der Waals surface area contributed by atoms with Crippen molar-refractivity contribution in [1.29, 1.82) is 0 Å². The molecule has 0 aliphatic carbocycles. The van der Waals surface area contributed by atoms with Crippen LogP contribution in [0.3, 0.4) is 0 Å². The molecule has 0 saturated heterocycles. The number of nitrogens with zero attached hydrogens (tertiary/aromatic N) is 4. The first-order valence-electron chi connectivity index (χ1n) is 8.26. The highest BCUT2D eigenvalue weighted by molar-refractivity contribution is 7.90. The number of aliphatic hydroxyl groups is 1. The Kier molecular flexibility index (Phi) is 5.85. The van der Waals surface area contributed by atoms with Gasteiger partial charge in [-0.3, -0.25) is 0 Å². The van der Waals surface area contributed by atoms with Gasteiger partial charge >= 0.3 is 6.18 Å². The number of nitrogens with one attached hydrogen (secondary N) is 2. The molecule has 30 heavy (non-hydrogen) atoms. The molecule has 13 heteroatoms. The quantitative estimate of drug-likeness (QED) is 0.530. The lowest BCUT2D eigenvalue weighted by Gasteiger charge is -2.14. The number of pyridine rings is 2. The average Bonchev–Trinajstić information content (AvgIpc) is 2.67. The Morgan fingerprint density at radius 1 is 1.00 bits per heavy atom. The highest BCUT2D eigenvalue weighted by Gasteiger charge is 2.39. The van der Waals surface area contributed by atoms with Crippen LogP contribution in [0.4, 0.5) is 36.4 Å². The van der Waals surface area contributed by atoms with Crippen molar-refractivity contribution in [3.8, 4) is 0 Å². The molecule has 9 nitrogen and oxygen atoms in total. The van der Waals surface area contributed by atoms with Crippen LogP contribution in [0.5, 0.6) is 0 Å². The van der Waals surface area contributed by atoms with Crippen molar-refractivity contribution < 1.29 is 26.7 Å². The van der Waals surface area contributed by atoms with Crippen molar-refractivity contribution >= 4 is 33.1 Å². The van der Waals surface area contributed by atoms with E-state index in [2.05, 4.69) is 30.6 Å². The first-order valence-corrected chi connectivity index (χ1v) is 10.1. The molecule has 0 amide bonds. The van der Waals surface area contributed by atoms with Crippen molar-refractivity contribution in [2.24, 2.45) is 0 Å². The largest absolute Gasteiger partial charge is 0.418 e. The van der Waals surface area contributed by atoms with Crippen LogP contribution >= 0.6 is 0 Å². The summed E-state index contributed by atoms with van der Waals surface area (Å²) in [4.78, 5) is 15.8. The number of sulfone groups is 1. The Balaban J connectivity index is 1.77. The fourth-order valence-corrected chi connectivity index (χ4v) is 3.14. The number of hydrogen-bond donors (Lipinski definition) is 3. The van der Waals surface area contributed by atoms with Crippen LogP contribution in [0, 0.1) is 0 Å². The second-order valence-corrected chi connectivity index (χ2v) is 8.07. The summed E-state index contributed by atoms with van der Waals surface area (Å²) in [7, 11) is -3.53. The number of rotatable bonds is 6. The number of anilines is 4. The number of halogens is 3. The number of hydrogen-bond acceptors (Lipinski definition) is 9. The summed E-state index contributed by atoms with van der Waals surface area (Å²) in [6.07, 6.45) is -2.87. The van der Waals surface area contributed by atoms with Crippen molar-refractivity contribution in [1.82, 2.24) is 19.9 Å². The fourth-order valence-electron chi connectivity index (χ4n) is 2.36. The molecule has 3 N–H and O–H groups in total. The molecule has 3 aromatic heterocycles. The Hall–Kier alpha value is -3.32. The summed E-state index contributed by atoms with van der Waals surface area (Å²) >= 11 is 0. The average molecular weight is 440 g/mol. The molecule has 3 heterocycles. The van der Waals surface area contributed by atoms with Crippen molar-refractivity contribution in [2.75, 3.05) is 16.9 Å². The molecule has 0 radical (unpaired) electrons. The third kappa shape index (κ3) is 5.18. The van der Waals surface area contributed by atoms with E-state index in [1.165, 1.54) is 36.8 Å². The zero-order chi connectivity index (χ0) is 21.9. The van der Waals surface area contributed by atoms with Gasteiger partial charge in [-0.05, 0) is 18.2 Å². The Labute approximate surface area is 169 Å². The molecule has 0 aromatic carbocycles. The van der Waals surface area contributed by atoms with Gasteiger partial charge in [-0.2, -0.15) is 13.2 Å². The predicted molar refractivity (Wildman–Crippen MR) is 101 cm³/mol. The minimum atomic E-state index is -4.79. The second-order valence-electron chi connectivity index (χ2n) is 6.08. The highest BCUT2D eigenvalue weighted by Crippen LogP contribution is 2.32. The third-order valence-electron chi connectivity index (χ3n) is 3.75. The fraction of sp³-hybridized carbons (Fsp3) is 0.176. The van der Waals surface area contributed by atoms with Crippen LogP contribution in [0.25, 0.3) is 0 Å². The Morgan fingerprint density at radius 2 is 1.70 bits per heavy atom. The molecule has 3 aromatic rings. The van der Waals surface area contributed by atoms with E-state index in [1.807, 2.05) is 0 Å². The van der Waals surface area contributed by atoms with Crippen LogP contribution in [0.1, 0.15) is 11.7 Å². The first kappa shape index (κ1) is 21.4. The lowest BCUT2D eigenvalue weighted by Crippen LogP contribution is -2.20. The van der Waals surface area contributed by atoms with Gasteiger partial charge in [-0.25, -0.2) is 28.4 Å². The topological polar surface area (TPSA) is 130 Å². The maximum atomic E-state index is 12.5. The van der Waals surface area contributed by atoms with Gasteiger partial charge in [0.15, 0.2) is 15.9 Å². The lowest BCUT2D eigenvalue weighted by molar-refractivity contribution is -0.206. The van der Waals surface area contributed by atoms with Gasteiger partial charge in [0, 0.05) is 30.3 Å². The summed E-state index contributed by atoms with van der Waals surface area (Å²) in [5.41, 5.74) is -0.401. The van der Waals surface area contributed by atoms with Crippen LogP contribution < -0.4 is 10.6 Å². The van der Waals surface area contributed by atoms with E-state index in [0.29, 0.717) is 0 Å². The normalized spacial score (nSPS) is 13.0. The molecule has 0 spiro atoms. The number of alkyl halides is 3. The van der Waals surface area contributed by atoms with Gasteiger partial charge in [0.05, 0.1) is 0 Å². The molecule has 158 valence electrons. The van der Waals surface area contributed by atoms with Gasteiger partial charge in [-0.15, -0.1) is 0 Å². The summed E-state index contributed by atoms with van der Waals surface area (Å²) in [5.74, 6) is 0.710. The van der Waals surface area contributed by atoms with Gasteiger partial charge in [-0.1, -0.05) is 6.07 Å². The molecule has 0 aliphatic rings. The smallest absolute Gasteiger partial charge is 0.379 e. The monoisotopic (exact) mass is 440 g/mol. The third-order valence-corrected chi connectivity index (χ3v) is 4.88. The lowest BCUT2D eigenvalue weighted by atomic mass is 10.1. The SMILES string of the molecule is CS(=O)(=O)c1cccnc1Nc1cc(Nc2ccc(C(O)C(F)(F)F)cn2)ncn1. The summed E-state index contributed by atoms with van der Waals surface area (Å²) in [6, 6.07) is 6.65. The number of aliphatic hydroxyl groups excluding tert-OH is 1. The molecule has 0 bridgehead atoms. The summed E-state index contributed by atoms with van der Waals surface area (Å²) in [6.45, 7) is 0. The molecule has 0 fully saturated rings. The molecule has 0 saturated carbocycles. The van der Waals surface area contributed by atoms with Crippen molar-refractivity contribution in [2.45, 2.75) is 17.2 Å². The van der Waals surface area contributed by atoms with Gasteiger partial charge in [0.1, 0.15) is 34.5 Å². The zero-order valence-corrected chi connectivity index (χ0v) is 16.1. The van der Waals surface area contributed by atoms with Crippen LogP contribution in [-0.2, 0) is 9.84 Å². The van der Waals surface area contributed by atoms with Crippen molar-refractivity contribution in [3.05, 3.63) is 54.6 Å². The molecule has 1 atom stereocenters. The van der Waals surface area contributed by atoms with Gasteiger partial charge in [0.25, 0.3) is 0 Å². The summed E-state index contributed by atoms with van der Waals surface area (Å²) < 4.78 is 61.4. The first-order chi connectivity index (χ1) is 14.0. The van der Waals surface area contributed by atoms with E-state index in [1.54, 1.807) is 0 Å². The molecular formula is C17H15F3N6O3S. The maximum Gasteiger partial charge on any atom is 0.418 e. The molecule has 1 unspecified atom stereocenters.